The van der Waals surface area contributed by atoms with Gasteiger partial charge in [0.1, 0.15) is 10.9 Å². The van der Waals surface area contributed by atoms with Crippen molar-refractivity contribution in [2.75, 3.05) is 5.73 Å². The van der Waals surface area contributed by atoms with Gasteiger partial charge in [-0.3, -0.25) is 0 Å². The smallest absolute Gasteiger partial charge is 0.110 e. The summed E-state index contributed by atoms with van der Waals surface area (Å²) >= 11 is 7.30. The fourth-order valence-corrected chi connectivity index (χ4v) is 2.30. The summed E-state index contributed by atoms with van der Waals surface area (Å²) in [5, 5.41) is 9.37. The molecule has 0 unspecified atom stereocenters. The molecule has 0 saturated heterocycles. The third-order valence-electron chi connectivity index (χ3n) is 2.00. The van der Waals surface area contributed by atoms with Crippen LogP contribution in [0.3, 0.4) is 0 Å². The second-order valence-corrected chi connectivity index (χ2v) is 4.53. The van der Waals surface area contributed by atoms with Crippen LogP contribution in [0.15, 0.2) is 30.3 Å². The Morgan fingerprint density at radius 2 is 2.07 bits per heavy atom. The SMILES string of the molecule is N#Cc1ccc(-c2cc(Cl)ccc2N)s1. The van der Waals surface area contributed by atoms with Gasteiger partial charge in [0.05, 0.1) is 0 Å². The lowest BCUT2D eigenvalue weighted by molar-refractivity contribution is 1.52. The maximum absolute atomic E-state index is 8.72. The third-order valence-corrected chi connectivity index (χ3v) is 3.26. The fourth-order valence-electron chi connectivity index (χ4n) is 1.28. The molecule has 2 aromatic rings. The predicted molar refractivity (Wildman–Crippen MR) is 63.9 cm³/mol. The van der Waals surface area contributed by atoms with Gasteiger partial charge in [-0.25, -0.2) is 0 Å². The average Bonchev–Trinajstić information content (AvgIpc) is 2.70. The lowest BCUT2D eigenvalue weighted by atomic mass is 10.1. The number of halogens is 1. The molecule has 4 heteroatoms. The lowest BCUT2D eigenvalue weighted by Gasteiger charge is -2.02. The molecule has 0 radical (unpaired) electrons. The van der Waals surface area contributed by atoms with Crippen LogP contribution < -0.4 is 5.73 Å². The largest absolute Gasteiger partial charge is 0.398 e. The molecule has 0 aliphatic carbocycles. The van der Waals surface area contributed by atoms with Crippen LogP contribution >= 0.6 is 22.9 Å². The molecule has 0 spiro atoms. The molecule has 0 aliphatic rings. The Bertz CT molecular complexity index is 540. The van der Waals surface area contributed by atoms with Gasteiger partial charge < -0.3 is 5.73 Å². The minimum absolute atomic E-state index is 0.645. The first-order valence-corrected chi connectivity index (χ1v) is 5.45. The van der Waals surface area contributed by atoms with E-state index in [1.165, 1.54) is 11.3 Å². The Labute approximate surface area is 96.5 Å². The van der Waals surface area contributed by atoms with E-state index >= 15 is 0 Å². The normalized spacial score (nSPS) is 9.87. The van der Waals surface area contributed by atoms with Crippen LogP contribution in [0.25, 0.3) is 10.4 Å². The number of anilines is 1. The molecule has 2 nitrogen and oxygen atoms in total. The minimum atomic E-state index is 0.645. The molecule has 1 aromatic carbocycles. The van der Waals surface area contributed by atoms with Crippen LogP contribution in [-0.4, -0.2) is 0 Å². The second kappa shape index (κ2) is 3.93. The first kappa shape index (κ1) is 10.0. The Hall–Kier alpha value is -1.50. The van der Waals surface area contributed by atoms with E-state index in [4.69, 9.17) is 22.6 Å². The van der Waals surface area contributed by atoms with E-state index in [0.717, 1.165) is 10.4 Å². The van der Waals surface area contributed by atoms with Crippen molar-refractivity contribution in [2.45, 2.75) is 0 Å². The Morgan fingerprint density at radius 1 is 1.27 bits per heavy atom. The quantitative estimate of drug-likeness (QED) is 0.768. The number of benzene rings is 1. The molecule has 74 valence electrons. The van der Waals surface area contributed by atoms with Crippen LogP contribution in [0.5, 0.6) is 0 Å². The monoisotopic (exact) mass is 234 g/mol. The van der Waals surface area contributed by atoms with Gasteiger partial charge in [0, 0.05) is 21.2 Å². The van der Waals surface area contributed by atoms with Gasteiger partial charge in [0.15, 0.2) is 0 Å². The number of nitriles is 1. The standard InChI is InChI=1S/C11H7ClN2S/c12-7-1-3-10(14)9(5-7)11-4-2-8(6-13)15-11/h1-5H,14H2. The van der Waals surface area contributed by atoms with Crippen molar-refractivity contribution in [3.05, 3.63) is 40.2 Å². The molecule has 15 heavy (non-hydrogen) atoms. The highest BCUT2D eigenvalue weighted by Crippen LogP contribution is 2.33. The van der Waals surface area contributed by atoms with E-state index in [0.29, 0.717) is 15.6 Å². The van der Waals surface area contributed by atoms with Crippen molar-refractivity contribution in [3.8, 4) is 16.5 Å². The van der Waals surface area contributed by atoms with Crippen molar-refractivity contribution in [1.29, 1.82) is 5.26 Å². The summed E-state index contributed by atoms with van der Waals surface area (Å²) in [6.07, 6.45) is 0. The van der Waals surface area contributed by atoms with Crippen molar-refractivity contribution in [1.82, 2.24) is 0 Å². The van der Waals surface area contributed by atoms with Gasteiger partial charge in [0.2, 0.25) is 0 Å². The molecule has 2 N–H and O–H groups in total. The van der Waals surface area contributed by atoms with Crippen molar-refractivity contribution >= 4 is 28.6 Å². The minimum Gasteiger partial charge on any atom is -0.398 e. The maximum Gasteiger partial charge on any atom is 0.110 e. The molecule has 0 fully saturated rings. The van der Waals surface area contributed by atoms with Crippen molar-refractivity contribution in [2.24, 2.45) is 0 Å². The van der Waals surface area contributed by atoms with E-state index in [1.807, 2.05) is 12.1 Å². The zero-order chi connectivity index (χ0) is 10.8. The number of nitrogen functional groups attached to an aromatic ring is 1. The van der Waals surface area contributed by atoms with Gasteiger partial charge in [0.25, 0.3) is 0 Å². The fraction of sp³-hybridized carbons (Fsp3) is 0. The molecule has 0 atom stereocenters. The summed E-state index contributed by atoms with van der Waals surface area (Å²) in [4.78, 5) is 1.64. The summed E-state index contributed by atoms with van der Waals surface area (Å²) in [6.45, 7) is 0. The maximum atomic E-state index is 8.72. The summed E-state index contributed by atoms with van der Waals surface area (Å²) in [6, 6.07) is 11.1. The Morgan fingerprint density at radius 3 is 2.73 bits per heavy atom. The van der Waals surface area contributed by atoms with Crippen LogP contribution in [0.2, 0.25) is 5.02 Å². The predicted octanol–water partition coefficient (Wildman–Crippen LogP) is 3.52. The van der Waals surface area contributed by atoms with Crippen molar-refractivity contribution in [3.63, 3.8) is 0 Å². The van der Waals surface area contributed by atoms with E-state index in [1.54, 1.807) is 18.2 Å². The van der Waals surface area contributed by atoms with Gasteiger partial charge in [-0.2, -0.15) is 5.26 Å². The molecule has 1 heterocycles. The zero-order valence-electron chi connectivity index (χ0n) is 7.70. The molecule has 0 aliphatic heterocycles. The summed E-state index contributed by atoms with van der Waals surface area (Å²) in [7, 11) is 0. The van der Waals surface area contributed by atoms with Crippen LogP contribution in [0.4, 0.5) is 5.69 Å². The highest BCUT2D eigenvalue weighted by molar-refractivity contribution is 7.16. The first-order chi connectivity index (χ1) is 7.20. The van der Waals surface area contributed by atoms with Gasteiger partial charge >= 0.3 is 0 Å². The molecular formula is C11H7ClN2S. The number of hydrogen-bond donors (Lipinski definition) is 1. The van der Waals surface area contributed by atoms with Crippen LogP contribution in [0.1, 0.15) is 4.88 Å². The number of nitrogens with two attached hydrogens (primary N) is 1. The third kappa shape index (κ3) is 1.96. The van der Waals surface area contributed by atoms with Gasteiger partial charge in [-0.1, -0.05) is 11.6 Å². The lowest BCUT2D eigenvalue weighted by Crippen LogP contribution is -1.87. The molecule has 0 amide bonds. The van der Waals surface area contributed by atoms with E-state index < -0.39 is 0 Å². The van der Waals surface area contributed by atoms with Crippen LogP contribution in [0, 0.1) is 11.3 Å². The highest BCUT2D eigenvalue weighted by Gasteiger charge is 2.06. The Kier molecular flexibility index (Phi) is 2.63. The summed E-state index contributed by atoms with van der Waals surface area (Å²) in [5.41, 5.74) is 7.39. The second-order valence-electron chi connectivity index (χ2n) is 3.01. The molecular weight excluding hydrogens is 228 g/mol. The molecule has 0 saturated carbocycles. The van der Waals surface area contributed by atoms with Gasteiger partial charge in [-0.15, -0.1) is 11.3 Å². The average molecular weight is 235 g/mol. The van der Waals surface area contributed by atoms with E-state index in [9.17, 15) is 0 Å². The number of thiophene rings is 1. The zero-order valence-corrected chi connectivity index (χ0v) is 9.27. The van der Waals surface area contributed by atoms with E-state index in [2.05, 4.69) is 6.07 Å². The van der Waals surface area contributed by atoms with Crippen molar-refractivity contribution < 1.29 is 0 Å². The number of nitrogens with zero attached hydrogens (tertiary/aromatic N) is 1. The summed E-state index contributed by atoms with van der Waals surface area (Å²) < 4.78 is 0. The van der Waals surface area contributed by atoms with Gasteiger partial charge in [-0.05, 0) is 30.3 Å². The first-order valence-electron chi connectivity index (χ1n) is 4.26. The molecule has 1 aromatic heterocycles. The topological polar surface area (TPSA) is 49.8 Å². The number of hydrogen-bond acceptors (Lipinski definition) is 3. The molecule has 0 bridgehead atoms. The highest BCUT2D eigenvalue weighted by atomic mass is 35.5. The van der Waals surface area contributed by atoms with Crippen LogP contribution in [-0.2, 0) is 0 Å². The van der Waals surface area contributed by atoms with E-state index in [-0.39, 0.29) is 0 Å². The Balaban J connectivity index is 2.54. The number of rotatable bonds is 1. The summed E-state index contributed by atoms with van der Waals surface area (Å²) in [5.74, 6) is 0. The molecule has 2 rings (SSSR count).